The second-order valence-corrected chi connectivity index (χ2v) is 7.37. The molecule has 0 unspecified atom stereocenters. The molecule has 0 aliphatic carbocycles. The SMILES string of the molecule is Cc1nc(-c2ccc(F)c(F)c2)sc1C(=O)N1CCOC[C@H]1C[C@@H](C)O. The van der Waals surface area contributed by atoms with Gasteiger partial charge in [-0.15, -0.1) is 11.3 Å². The van der Waals surface area contributed by atoms with Crippen molar-refractivity contribution in [1.82, 2.24) is 9.88 Å². The number of aromatic nitrogens is 1. The molecular formula is C18H20F2N2O3S. The number of hydrogen-bond donors (Lipinski definition) is 1. The fraction of sp³-hybridized carbons (Fsp3) is 0.444. The van der Waals surface area contributed by atoms with Gasteiger partial charge in [-0.1, -0.05) is 0 Å². The molecule has 1 aromatic heterocycles. The highest BCUT2D eigenvalue weighted by Crippen LogP contribution is 2.30. The predicted octanol–water partition coefficient (Wildman–Crippen LogP) is 3.01. The minimum absolute atomic E-state index is 0.178. The summed E-state index contributed by atoms with van der Waals surface area (Å²) in [5, 5.41) is 10.1. The number of aliphatic hydroxyl groups is 1. The lowest BCUT2D eigenvalue weighted by Crippen LogP contribution is -2.49. The average Bonchev–Trinajstić information content (AvgIpc) is 2.98. The number of thiazole rings is 1. The maximum atomic E-state index is 13.5. The zero-order valence-corrected chi connectivity index (χ0v) is 15.4. The highest BCUT2D eigenvalue weighted by molar-refractivity contribution is 7.17. The van der Waals surface area contributed by atoms with Gasteiger partial charge in [0, 0.05) is 12.1 Å². The third-order valence-corrected chi connectivity index (χ3v) is 5.45. The van der Waals surface area contributed by atoms with E-state index in [4.69, 9.17) is 4.74 Å². The topological polar surface area (TPSA) is 62.7 Å². The maximum Gasteiger partial charge on any atom is 0.266 e. The first kappa shape index (κ1) is 18.9. The molecule has 0 bridgehead atoms. The summed E-state index contributed by atoms with van der Waals surface area (Å²) in [5.41, 5.74) is 0.973. The molecule has 0 radical (unpaired) electrons. The molecule has 2 heterocycles. The monoisotopic (exact) mass is 382 g/mol. The third kappa shape index (κ3) is 3.92. The molecule has 3 rings (SSSR count). The fourth-order valence-corrected chi connectivity index (χ4v) is 4.01. The first-order chi connectivity index (χ1) is 12.4. The van der Waals surface area contributed by atoms with E-state index in [2.05, 4.69) is 4.98 Å². The van der Waals surface area contributed by atoms with Crippen molar-refractivity contribution in [2.75, 3.05) is 19.8 Å². The first-order valence-corrected chi connectivity index (χ1v) is 9.18. The molecule has 1 saturated heterocycles. The summed E-state index contributed by atoms with van der Waals surface area (Å²) in [5.74, 6) is -2.05. The van der Waals surface area contributed by atoms with Gasteiger partial charge < -0.3 is 14.7 Å². The zero-order valence-electron chi connectivity index (χ0n) is 14.5. The van der Waals surface area contributed by atoms with Crippen LogP contribution < -0.4 is 0 Å². The maximum absolute atomic E-state index is 13.5. The van der Waals surface area contributed by atoms with E-state index >= 15 is 0 Å². The second-order valence-electron chi connectivity index (χ2n) is 6.37. The molecule has 140 valence electrons. The minimum atomic E-state index is -0.951. The Kier molecular flexibility index (Phi) is 5.64. The molecule has 1 aliphatic rings. The summed E-state index contributed by atoms with van der Waals surface area (Å²) in [6.45, 7) is 4.65. The molecule has 1 amide bonds. The van der Waals surface area contributed by atoms with Gasteiger partial charge in [0.1, 0.15) is 9.88 Å². The van der Waals surface area contributed by atoms with Crippen molar-refractivity contribution in [3.05, 3.63) is 40.4 Å². The van der Waals surface area contributed by atoms with Crippen molar-refractivity contribution < 1.29 is 23.4 Å². The second kappa shape index (κ2) is 7.77. The Balaban J connectivity index is 1.87. The van der Waals surface area contributed by atoms with Crippen LogP contribution in [-0.2, 0) is 4.74 Å². The standard InChI is InChI=1S/C18H20F2N2O3S/c1-10(23)7-13-9-25-6-5-22(13)18(24)16-11(2)21-17(26-16)12-3-4-14(19)15(20)8-12/h3-4,8,10,13,23H,5-7,9H2,1-2H3/t10-,13-/m1/s1. The molecule has 1 fully saturated rings. The molecule has 8 heteroatoms. The Morgan fingerprint density at radius 1 is 1.46 bits per heavy atom. The van der Waals surface area contributed by atoms with E-state index in [1.54, 1.807) is 18.7 Å². The van der Waals surface area contributed by atoms with Gasteiger partial charge in [0.2, 0.25) is 0 Å². The first-order valence-electron chi connectivity index (χ1n) is 8.36. The fourth-order valence-electron chi connectivity index (χ4n) is 2.99. The van der Waals surface area contributed by atoms with Crippen molar-refractivity contribution >= 4 is 17.2 Å². The van der Waals surface area contributed by atoms with Gasteiger partial charge >= 0.3 is 0 Å². The molecule has 0 saturated carbocycles. The largest absolute Gasteiger partial charge is 0.393 e. The van der Waals surface area contributed by atoms with Crippen molar-refractivity contribution in [2.24, 2.45) is 0 Å². The van der Waals surface area contributed by atoms with Crippen LogP contribution in [0.25, 0.3) is 10.6 Å². The summed E-state index contributed by atoms with van der Waals surface area (Å²) >= 11 is 1.16. The number of aryl methyl sites for hydroxylation is 1. The Morgan fingerprint density at radius 2 is 2.23 bits per heavy atom. The van der Waals surface area contributed by atoms with Crippen LogP contribution in [0.4, 0.5) is 8.78 Å². The van der Waals surface area contributed by atoms with Crippen LogP contribution >= 0.6 is 11.3 Å². The van der Waals surface area contributed by atoms with Crippen molar-refractivity contribution in [1.29, 1.82) is 0 Å². The van der Waals surface area contributed by atoms with Gasteiger partial charge in [-0.05, 0) is 38.5 Å². The van der Waals surface area contributed by atoms with E-state index in [0.29, 0.717) is 47.3 Å². The lowest BCUT2D eigenvalue weighted by atomic mass is 10.1. The molecule has 1 aliphatic heterocycles. The summed E-state index contributed by atoms with van der Waals surface area (Å²) in [6, 6.07) is 3.36. The highest BCUT2D eigenvalue weighted by Gasteiger charge is 2.31. The van der Waals surface area contributed by atoms with Gasteiger partial charge in [0.05, 0.1) is 31.1 Å². The van der Waals surface area contributed by atoms with Gasteiger partial charge in [-0.2, -0.15) is 0 Å². The van der Waals surface area contributed by atoms with Crippen LogP contribution in [0.5, 0.6) is 0 Å². The molecular weight excluding hydrogens is 362 g/mol. The van der Waals surface area contributed by atoms with Crippen molar-refractivity contribution in [2.45, 2.75) is 32.4 Å². The third-order valence-electron chi connectivity index (χ3n) is 4.26. The number of hydrogen-bond acceptors (Lipinski definition) is 5. The number of nitrogens with zero attached hydrogens (tertiary/aromatic N) is 2. The summed E-state index contributed by atoms with van der Waals surface area (Å²) in [6.07, 6.45) is -0.114. The number of ether oxygens (including phenoxy) is 1. The van der Waals surface area contributed by atoms with Crippen LogP contribution in [0.1, 0.15) is 28.7 Å². The van der Waals surface area contributed by atoms with E-state index in [1.165, 1.54) is 6.07 Å². The van der Waals surface area contributed by atoms with E-state index in [9.17, 15) is 18.7 Å². The number of rotatable bonds is 4. The predicted molar refractivity (Wildman–Crippen MR) is 94.1 cm³/mol. The van der Waals surface area contributed by atoms with Gasteiger partial charge in [-0.3, -0.25) is 4.79 Å². The smallest absolute Gasteiger partial charge is 0.266 e. The van der Waals surface area contributed by atoms with Crippen LogP contribution in [0.15, 0.2) is 18.2 Å². The van der Waals surface area contributed by atoms with E-state index in [-0.39, 0.29) is 11.9 Å². The normalized spacial score (nSPS) is 18.8. The summed E-state index contributed by atoms with van der Waals surface area (Å²) in [7, 11) is 0. The van der Waals surface area contributed by atoms with Crippen LogP contribution in [0.2, 0.25) is 0 Å². The number of aliphatic hydroxyl groups excluding tert-OH is 1. The summed E-state index contributed by atoms with van der Waals surface area (Å²) < 4.78 is 32.0. The lowest BCUT2D eigenvalue weighted by Gasteiger charge is -2.36. The van der Waals surface area contributed by atoms with Gasteiger partial charge in [-0.25, -0.2) is 13.8 Å². The Morgan fingerprint density at radius 3 is 2.92 bits per heavy atom. The van der Waals surface area contributed by atoms with Crippen LogP contribution in [0.3, 0.4) is 0 Å². The van der Waals surface area contributed by atoms with Crippen LogP contribution in [0, 0.1) is 18.6 Å². The number of amides is 1. The van der Waals surface area contributed by atoms with Gasteiger partial charge in [0.15, 0.2) is 11.6 Å². The van der Waals surface area contributed by atoms with E-state index in [0.717, 1.165) is 23.5 Å². The van der Waals surface area contributed by atoms with E-state index < -0.39 is 17.7 Å². The molecule has 1 aromatic carbocycles. The Hall–Kier alpha value is -1.90. The molecule has 2 aromatic rings. The molecule has 2 atom stereocenters. The molecule has 0 spiro atoms. The number of benzene rings is 1. The van der Waals surface area contributed by atoms with Crippen molar-refractivity contribution in [3.63, 3.8) is 0 Å². The molecule has 1 N–H and O–H groups in total. The Bertz CT molecular complexity index is 810. The lowest BCUT2D eigenvalue weighted by molar-refractivity contribution is -0.0150. The zero-order chi connectivity index (χ0) is 18.8. The highest BCUT2D eigenvalue weighted by atomic mass is 32.1. The number of carbonyl (C=O) groups excluding carboxylic acids is 1. The summed E-state index contributed by atoms with van der Waals surface area (Å²) in [4.78, 5) is 19.5. The number of halogens is 2. The Labute approximate surface area is 154 Å². The molecule has 5 nitrogen and oxygen atoms in total. The number of morpholine rings is 1. The van der Waals surface area contributed by atoms with Crippen LogP contribution in [-0.4, -0.2) is 52.8 Å². The average molecular weight is 382 g/mol. The van der Waals surface area contributed by atoms with Crippen molar-refractivity contribution in [3.8, 4) is 10.6 Å². The van der Waals surface area contributed by atoms with Gasteiger partial charge in [0.25, 0.3) is 5.91 Å². The number of carbonyl (C=O) groups is 1. The minimum Gasteiger partial charge on any atom is -0.393 e. The quantitative estimate of drug-likeness (QED) is 0.883. The van der Waals surface area contributed by atoms with E-state index in [1.807, 2.05) is 0 Å². The molecule has 26 heavy (non-hydrogen) atoms.